The standard InChI is InChI=1S/C16H19N5O.C2HF3O2/c1-19-11-13(9-18-19)21-14-4-6-20(15(14)7-16(21)22)10-12-3-2-5-17-8-12;3-2(4,5)1(6)7/h2-3,5,8-9,11,14-15H,4,6-7,10H2,1H3;(H,6,7). The van der Waals surface area contributed by atoms with Crippen LogP contribution in [0.15, 0.2) is 36.9 Å². The highest BCUT2D eigenvalue weighted by molar-refractivity contribution is 5.97. The molecule has 0 bridgehead atoms. The Labute approximate surface area is 164 Å². The van der Waals surface area contributed by atoms with Gasteiger partial charge in [0.2, 0.25) is 5.91 Å². The van der Waals surface area contributed by atoms with Gasteiger partial charge in [-0.15, -0.1) is 0 Å². The third-order valence-corrected chi connectivity index (χ3v) is 4.93. The summed E-state index contributed by atoms with van der Waals surface area (Å²) in [6, 6.07) is 4.63. The highest BCUT2D eigenvalue weighted by Gasteiger charge is 2.47. The first-order valence-corrected chi connectivity index (χ1v) is 8.90. The predicted molar refractivity (Wildman–Crippen MR) is 95.8 cm³/mol. The third-order valence-electron chi connectivity index (χ3n) is 4.93. The van der Waals surface area contributed by atoms with E-state index in [0.29, 0.717) is 12.5 Å². The van der Waals surface area contributed by atoms with Crippen LogP contribution in [0.25, 0.3) is 0 Å². The molecule has 0 spiro atoms. The van der Waals surface area contributed by atoms with E-state index in [0.717, 1.165) is 25.2 Å². The minimum atomic E-state index is -5.08. The molecule has 2 aliphatic heterocycles. The number of anilines is 1. The second-order valence-corrected chi connectivity index (χ2v) is 6.90. The molecule has 2 aromatic heterocycles. The monoisotopic (exact) mass is 411 g/mol. The summed E-state index contributed by atoms with van der Waals surface area (Å²) in [4.78, 5) is 29.9. The van der Waals surface area contributed by atoms with Crippen molar-refractivity contribution in [1.82, 2.24) is 19.7 Å². The van der Waals surface area contributed by atoms with Gasteiger partial charge in [0.25, 0.3) is 0 Å². The molecule has 2 unspecified atom stereocenters. The first-order valence-electron chi connectivity index (χ1n) is 8.90. The van der Waals surface area contributed by atoms with Gasteiger partial charge in [-0.25, -0.2) is 4.79 Å². The van der Waals surface area contributed by atoms with E-state index in [2.05, 4.69) is 21.0 Å². The van der Waals surface area contributed by atoms with Crippen LogP contribution >= 0.6 is 0 Å². The molecule has 156 valence electrons. The molecule has 1 N–H and O–H groups in total. The van der Waals surface area contributed by atoms with Crippen molar-refractivity contribution in [2.24, 2.45) is 7.05 Å². The van der Waals surface area contributed by atoms with E-state index >= 15 is 0 Å². The molecule has 0 radical (unpaired) electrons. The molecule has 1 amide bonds. The van der Waals surface area contributed by atoms with E-state index in [4.69, 9.17) is 9.90 Å². The number of carbonyl (C=O) groups is 2. The molecule has 4 rings (SSSR count). The normalized spacial score (nSPS) is 21.7. The van der Waals surface area contributed by atoms with Gasteiger partial charge in [-0.2, -0.15) is 18.3 Å². The number of likely N-dealkylation sites (tertiary alicyclic amines) is 1. The molecule has 2 aromatic rings. The lowest BCUT2D eigenvalue weighted by atomic mass is 10.1. The topological polar surface area (TPSA) is 91.6 Å². The summed E-state index contributed by atoms with van der Waals surface area (Å²) < 4.78 is 33.5. The van der Waals surface area contributed by atoms with Gasteiger partial charge < -0.3 is 10.0 Å². The van der Waals surface area contributed by atoms with E-state index < -0.39 is 12.1 Å². The second kappa shape index (κ2) is 8.19. The largest absolute Gasteiger partial charge is 0.490 e. The fourth-order valence-electron chi connectivity index (χ4n) is 3.72. The first-order chi connectivity index (χ1) is 13.7. The number of rotatable bonds is 3. The van der Waals surface area contributed by atoms with Gasteiger partial charge in [0.1, 0.15) is 0 Å². The number of halogens is 3. The zero-order chi connectivity index (χ0) is 21.2. The predicted octanol–water partition coefficient (Wildman–Crippen LogP) is 1.83. The van der Waals surface area contributed by atoms with E-state index in [1.807, 2.05) is 30.4 Å². The van der Waals surface area contributed by atoms with Crippen LogP contribution in [0.2, 0.25) is 0 Å². The van der Waals surface area contributed by atoms with Gasteiger partial charge in [0.15, 0.2) is 0 Å². The van der Waals surface area contributed by atoms with Gasteiger partial charge in [-0.1, -0.05) is 6.07 Å². The SMILES string of the molecule is Cn1cc(N2C(=O)CC3C2CCN3Cc2cccnc2)cn1.O=C(O)C(F)(F)F. The van der Waals surface area contributed by atoms with Crippen molar-refractivity contribution < 1.29 is 27.9 Å². The Kier molecular flexibility index (Phi) is 5.87. The summed E-state index contributed by atoms with van der Waals surface area (Å²) >= 11 is 0. The maximum absolute atomic E-state index is 12.4. The van der Waals surface area contributed by atoms with Crippen LogP contribution in [0, 0.1) is 0 Å². The fourth-order valence-corrected chi connectivity index (χ4v) is 3.72. The van der Waals surface area contributed by atoms with E-state index in [-0.39, 0.29) is 11.9 Å². The van der Waals surface area contributed by atoms with Crippen molar-refractivity contribution in [1.29, 1.82) is 0 Å². The number of pyridine rings is 1. The number of aromatic nitrogens is 3. The van der Waals surface area contributed by atoms with Gasteiger partial charge in [-0.05, 0) is 18.1 Å². The average Bonchev–Trinajstić information content (AvgIpc) is 3.32. The van der Waals surface area contributed by atoms with Crippen molar-refractivity contribution in [2.75, 3.05) is 11.4 Å². The summed E-state index contributed by atoms with van der Waals surface area (Å²) in [6.45, 7) is 1.89. The van der Waals surface area contributed by atoms with Crippen molar-refractivity contribution in [3.8, 4) is 0 Å². The van der Waals surface area contributed by atoms with Crippen molar-refractivity contribution in [3.05, 3.63) is 42.5 Å². The van der Waals surface area contributed by atoms with Crippen LogP contribution in [-0.2, 0) is 23.2 Å². The van der Waals surface area contributed by atoms with Gasteiger partial charge >= 0.3 is 12.1 Å². The molecule has 8 nitrogen and oxygen atoms in total. The quantitative estimate of drug-likeness (QED) is 0.829. The lowest BCUT2D eigenvalue weighted by molar-refractivity contribution is -0.192. The number of aliphatic carboxylic acids is 1. The number of carboxylic acids is 1. The lowest BCUT2D eigenvalue weighted by Gasteiger charge is -2.24. The molecule has 29 heavy (non-hydrogen) atoms. The van der Waals surface area contributed by atoms with Crippen LogP contribution in [0.4, 0.5) is 18.9 Å². The highest BCUT2D eigenvalue weighted by atomic mass is 19.4. The third kappa shape index (κ3) is 4.73. The second-order valence-electron chi connectivity index (χ2n) is 6.90. The van der Waals surface area contributed by atoms with Crippen LogP contribution in [-0.4, -0.2) is 61.5 Å². The molecule has 2 saturated heterocycles. The molecular formula is C18H20F3N5O3. The summed E-state index contributed by atoms with van der Waals surface area (Å²) in [6.07, 6.45) is 3.93. The minimum absolute atomic E-state index is 0.207. The van der Waals surface area contributed by atoms with Crippen molar-refractivity contribution in [2.45, 2.75) is 37.6 Å². The molecular weight excluding hydrogens is 391 g/mol. The molecule has 0 saturated carbocycles. The van der Waals surface area contributed by atoms with Crippen LogP contribution in [0.3, 0.4) is 0 Å². The molecule has 2 aliphatic rings. The maximum atomic E-state index is 12.4. The number of fused-ring (bicyclic) bond motifs is 1. The Morgan fingerprint density at radius 1 is 1.31 bits per heavy atom. The Bertz CT molecular complexity index is 871. The van der Waals surface area contributed by atoms with Crippen LogP contribution < -0.4 is 4.90 Å². The number of carbonyl (C=O) groups excluding carboxylic acids is 1. The summed E-state index contributed by atoms with van der Waals surface area (Å²) in [5.74, 6) is -2.55. The smallest absolute Gasteiger partial charge is 0.475 e. The van der Waals surface area contributed by atoms with Crippen molar-refractivity contribution in [3.63, 3.8) is 0 Å². The van der Waals surface area contributed by atoms with Crippen molar-refractivity contribution >= 4 is 17.6 Å². The zero-order valence-electron chi connectivity index (χ0n) is 15.6. The Balaban J connectivity index is 0.000000298. The van der Waals surface area contributed by atoms with E-state index in [9.17, 15) is 18.0 Å². The molecule has 2 fully saturated rings. The number of nitrogens with zero attached hydrogens (tertiary/aromatic N) is 5. The summed E-state index contributed by atoms with van der Waals surface area (Å²) in [7, 11) is 1.88. The molecule has 2 atom stereocenters. The van der Waals surface area contributed by atoms with Crippen LogP contribution in [0.1, 0.15) is 18.4 Å². The lowest BCUT2D eigenvalue weighted by Crippen LogP contribution is -2.37. The van der Waals surface area contributed by atoms with Crippen LogP contribution in [0.5, 0.6) is 0 Å². The Hall–Kier alpha value is -2.95. The van der Waals surface area contributed by atoms with Gasteiger partial charge in [-0.3, -0.25) is 19.4 Å². The minimum Gasteiger partial charge on any atom is -0.475 e. The fraction of sp³-hybridized carbons (Fsp3) is 0.444. The maximum Gasteiger partial charge on any atom is 0.490 e. The van der Waals surface area contributed by atoms with E-state index in [1.165, 1.54) is 5.56 Å². The molecule has 4 heterocycles. The summed E-state index contributed by atoms with van der Waals surface area (Å²) in [5.41, 5.74) is 2.12. The number of amides is 1. The zero-order valence-corrected chi connectivity index (χ0v) is 15.6. The average molecular weight is 411 g/mol. The van der Waals surface area contributed by atoms with Gasteiger partial charge in [0, 0.05) is 51.2 Å². The number of alkyl halides is 3. The number of hydrogen-bond donors (Lipinski definition) is 1. The first kappa shape index (κ1) is 20.8. The Morgan fingerprint density at radius 2 is 2.03 bits per heavy atom. The molecule has 0 aromatic carbocycles. The number of aryl methyl sites for hydroxylation is 1. The molecule has 0 aliphatic carbocycles. The molecule has 11 heteroatoms. The highest BCUT2D eigenvalue weighted by Crippen LogP contribution is 2.36. The van der Waals surface area contributed by atoms with Gasteiger partial charge in [0.05, 0.1) is 17.9 Å². The number of hydrogen-bond acceptors (Lipinski definition) is 5. The number of carboxylic acid groups (broad SMARTS) is 1. The van der Waals surface area contributed by atoms with E-state index in [1.54, 1.807) is 17.1 Å². The summed E-state index contributed by atoms with van der Waals surface area (Å²) in [5, 5.41) is 11.3. The Morgan fingerprint density at radius 3 is 2.59 bits per heavy atom.